The number of likely N-dealkylation sites (tertiary alicyclic amines) is 1. The standard InChI is InChI=1S/C14H21FN2O/c1-2-10-8-17(6-5-13(10)16)9-11-7-12(15)3-4-14(11)18/h3-4,7,10,13,18H,2,5-6,8-9,16H2,1H3. The fourth-order valence-electron chi connectivity index (χ4n) is 2.62. The second kappa shape index (κ2) is 5.67. The minimum absolute atomic E-state index is 0.166. The van der Waals surface area contributed by atoms with E-state index < -0.39 is 0 Å². The number of piperidine rings is 1. The molecule has 2 unspecified atom stereocenters. The molecule has 3 N–H and O–H groups in total. The van der Waals surface area contributed by atoms with Gasteiger partial charge in [-0.1, -0.05) is 13.3 Å². The number of nitrogens with zero attached hydrogens (tertiary/aromatic N) is 1. The Bertz CT molecular complexity index is 411. The summed E-state index contributed by atoms with van der Waals surface area (Å²) in [5, 5.41) is 9.72. The lowest BCUT2D eigenvalue weighted by Crippen LogP contribution is -2.46. The molecule has 0 saturated carbocycles. The topological polar surface area (TPSA) is 49.5 Å². The van der Waals surface area contributed by atoms with Gasteiger partial charge in [0, 0.05) is 24.7 Å². The lowest BCUT2D eigenvalue weighted by atomic mass is 9.90. The third kappa shape index (κ3) is 3.00. The molecule has 0 radical (unpaired) electrons. The van der Waals surface area contributed by atoms with Gasteiger partial charge in [-0.15, -0.1) is 0 Å². The SMILES string of the molecule is CCC1CN(Cc2cc(F)ccc2O)CCC1N. The number of hydrogen-bond acceptors (Lipinski definition) is 3. The molecule has 0 bridgehead atoms. The Morgan fingerprint density at radius 2 is 2.28 bits per heavy atom. The van der Waals surface area contributed by atoms with Crippen LogP contribution in [-0.2, 0) is 6.54 Å². The van der Waals surface area contributed by atoms with Gasteiger partial charge in [-0.05, 0) is 37.1 Å². The van der Waals surface area contributed by atoms with Crippen LogP contribution in [0.15, 0.2) is 18.2 Å². The van der Waals surface area contributed by atoms with E-state index in [-0.39, 0.29) is 17.6 Å². The fraction of sp³-hybridized carbons (Fsp3) is 0.571. The number of phenolic OH excluding ortho intramolecular Hbond substituents is 1. The highest BCUT2D eigenvalue weighted by atomic mass is 19.1. The van der Waals surface area contributed by atoms with Crippen molar-refractivity contribution in [3.8, 4) is 5.75 Å². The van der Waals surface area contributed by atoms with E-state index in [4.69, 9.17) is 5.73 Å². The number of halogens is 1. The van der Waals surface area contributed by atoms with Crippen molar-refractivity contribution in [3.05, 3.63) is 29.6 Å². The molecule has 1 aliphatic rings. The van der Waals surface area contributed by atoms with E-state index in [0.717, 1.165) is 25.9 Å². The number of aromatic hydroxyl groups is 1. The molecule has 4 heteroatoms. The van der Waals surface area contributed by atoms with E-state index in [1.165, 1.54) is 18.2 Å². The van der Waals surface area contributed by atoms with Crippen LogP contribution in [0.3, 0.4) is 0 Å². The summed E-state index contributed by atoms with van der Waals surface area (Å²) in [5.41, 5.74) is 6.72. The smallest absolute Gasteiger partial charge is 0.123 e. The molecule has 1 aromatic carbocycles. The summed E-state index contributed by atoms with van der Waals surface area (Å²) in [7, 11) is 0. The zero-order valence-electron chi connectivity index (χ0n) is 10.8. The first-order chi connectivity index (χ1) is 8.60. The van der Waals surface area contributed by atoms with Crippen molar-refractivity contribution >= 4 is 0 Å². The fourth-order valence-corrected chi connectivity index (χ4v) is 2.62. The molecule has 0 aromatic heterocycles. The molecule has 3 nitrogen and oxygen atoms in total. The summed E-state index contributed by atoms with van der Waals surface area (Å²) in [4.78, 5) is 2.24. The van der Waals surface area contributed by atoms with Crippen molar-refractivity contribution in [2.24, 2.45) is 11.7 Å². The van der Waals surface area contributed by atoms with Crippen molar-refractivity contribution in [3.63, 3.8) is 0 Å². The molecule has 0 amide bonds. The monoisotopic (exact) mass is 252 g/mol. The predicted molar refractivity (Wildman–Crippen MR) is 69.7 cm³/mol. The summed E-state index contributed by atoms with van der Waals surface area (Å²) in [6, 6.07) is 4.37. The number of rotatable bonds is 3. The van der Waals surface area contributed by atoms with Crippen LogP contribution in [-0.4, -0.2) is 29.1 Å². The number of phenols is 1. The molecule has 1 aromatic rings. The van der Waals surface area contributed by atoms with Gasteiger partial charge in [0.2, 0.25) is 0 Å². The van der Waals surface area contributed by atoms with E-state index in [0.29, 0.717) is 18.0 Å². The molecule has 1 heterocycles. The largest absolute Gasteiger partial charge is 0.508 e. The molecule has 0 aliphatic carbocycles. The minimum atomic E-state index is -0.302. The molecule has 18 heavy (non-hydrogen) atoms. The third-order valence-corrected chi connectivity index (χ3v) is 3.84. The third-order valence-electron chi connectivity index (χ3n) is 3.84. The van der Waals surface area contributed by atoms with Crippen molar-refractivity contribution in [2.45, 2.75) is 32.4 Å². The Morgan fingerprint density at radius 1 is 1.50 bits per heavy atom. The second-order valence-electron chi connectivity index (χ2n) is 5.13. The summed E-state index contributed by atoms with van der Waals surface area (Å²) in [5.74, 6) is 0.359. The maximum Gasteiger partial charge on any atom is 0.123 e. The summed E-state index contributed by atoms with van der Waals surface area (Å²) < 4.78 is 13.2. The van der Waals surface area contributed by atoms with Gasteiger partial charge in [-0.3, -0.25) is 4.90 Å². The first kappa shape index (κ1) is 13.3. The zero-order chi connectivity index (χ0) is 13.1. The summed E-state index contributed by atoms with van der Waals surface area (Å²) in [6.45, 7) is 4.57. The van der Waals surface area contributed by atoms with Gasteiger partial charge in [0.15, 0.2) is 0 Å². The quantitative estimate of drug-likeness (QED) is 0.866. The van der Waals surface area contributed by atoms with Gasteiger partial charge in [-0.25, -0.2) is 4.39 Å². The van der Waals surface area contributed by atoms with Crippen molar-refractivity contribution in [2.75, 3.05) is 13.1 Å². The lowest BCUT2D eigenvalue weighted by Gasteiger charge is -2.36. The summed E-state index contributed by atoms with van der Waals surface area (Å²) in [6.07, 6.45) is 2.03. The Labute approximate surface area is 107 Å². The van der Waals surface area contributed by atoms with Gasteiger partial charge >= 0.3 is 0 Å². The highest BCUT2D eigenvalue weighted by Crippen LogP contribution is 2.24. The zero-order valence-corrected chi connectivity index (χ0v) is 10.8. The van der Waals surface area contributed by atoms with Crippen molar-refractivity contribution in [1.82, 2.24) is 4.90 Å². The Hall–Kier alpha value is -1.13. The van der Waals surface area contributed by atoms with Gasteiger partial charge in [-0.2, -0.15) is 0 Å². The molecule has 100 valence electrons. The molecular weight excluding hydrogens is 231 g/mol. The van der Waals surface area contributed by atoms with Gasteiger partial charge in [0.1, 0.15) is 11.6 Å². The first-order valence-corrected chi connectivity index (χ1v) is 6.55. The van der Waals surface area contributed by atoms with Crippen molar-refractivity contribution in [1.29, 1.82) is 0 Å². The molecular formula is C14H21FN2O. The van der Waals surface area contributed by atoms with E-state index in [1.54, 1.807) is 0 Å². The van der Waals surface area contributed by atoms with Crippen LogP contribution in [0, 0.1) is 11.7 Å². The van der Waals surface area contributed by atoms with E-state index >= 15 is 0 Å². The van der Waals surface area contributed by atoms with Crippen LogP contribution >= 0.6 is 0 Å². The van der Waals surface area contributed by atoms with E-state index in [9.17, 15) is 9.50 Å². The Kier molecular flexibility index (Phi) is 4.19. The maximum absolute atomic E-state index is 13.2. The van der Waals surface area contributed by atoms with Crippen LogP contribution in [0.5, 0.6) is 5.75 Å². The number of nitrogens with two attached hydrogens (primary N) is 1. The van der Waals surface area contributed by atoms with Gasteiger partial charge in [0.25, 0.3) is 0 Å². The number of benzene rings is 1. The predicted octanol–water partition coefficient (Wildman–Crippen LogP) is 2.09. The highest BCUT2D eigenvalue weighted by Gasteiger charge is 2.25. The Morgan fingerprint density at radius 3 is 3.00 bits per heavy atom. The summed E-state index contributed by atoms with van der Waals surface area (Å²) >= 11 is 0. The lowest BCUT2D eigenvalue weighted by molar-refractivity contribution is 0.144. The minimum Gasteiger partial charge on any atom is -0.508 e. The Balaban J connectivity index is 2.03. The molecule has 2 rings (SSSR count). The van der Waals surface area contributed by atoms with Gasteiger partial charge < -0.3 is 10.8 Å². The van der Waals surface area contributed by atoms with Crippen LogP contribution in [0.25, 0.3) is 0 Å². The van der Waals surface area contributed by atoms with Crippen LogP contribution in [0.4, 0.5) is 4.39 Å². The second-order valence-corrected chi connectivity index (χ2v) is 5.13. The van der Waals surface area contributed by atoms with Crippen LogP contribution in [0.2, 0.25) is 0 Å². The van der Waals surface area contributed by atoms with Crippen LogP contribution < -0.4 is 5.73 Å². The normalized spacial score (nSPS) is 25.3. The molecule has 2 atom stereocenters. The molecule has 1 saturated heterocycles. The van der Waals surface area contributed by atoms with E-state index in [1.807, 2.05) is 0 Å². The average molecular weight is 252 g/mol. The highest BCUT2D eigenvalue weighted by molar-refractivity contribution is 5.32. The molecule has 1 fully saturated rings. The van der Waals surface area contributed by atoms with Crippen LogP contribution in [0.1, 0.15) is 25.3 Å². The average Bonchev–Trinajstić information content (AvgIpc) is 2.36. The molecule has 1 aliphatic heterocycles. The van der Waals surface area contributed by atoms with E-state index in [2.05, 4.69) is 11.8 Å². The molecule has 0 spiro atoms. The first-order valence-electron chi connectivity index (χ1n) is 6.55. The van der Waals surface area contributed by atoms with Gasteiger partial charge in [0.05, 0.1) is 0 Å². The van der Waals surface area contributed by atoms with Crippen molar-refractivity contribution < 1.29 is 9.50 Å². The maximum atomic E-state index is 13.2. The number of hydrogen-bond donors (Lipinski definition) is 2.